The van der Waals surface area contributed by atoms with Crippen LogP contribution in [-0.2, 0) is 16.0 Å². The number of likely N-dealkylation sites (N-methyl/N-ethyl adjacent to an activating group) is 1. The fraction of sp³-hybridized carbons (Fsp3) is 0.500. The van der Waals surface area contributed by atoms with Crippen LogP contribution in [-0.4, -0.2) is 51.1 Å². The molecule has 0 heterocycles. The van der Waals surface area contributed by atoms with Crippen LogP contribution in [0, 0.1) is 0 Å². The SMILES string of the molecule is CNCCc1ccccc1C(=O)N(C)CCCC(=O)OC. The second kappa shape index (κ2) is 9.13. The smallest absolute Gasteiger partial charge is 0.305 e. The molecule has 0 aliphatic carbocycles. The standard InChI is InChI=1S/C16H24N2O3/c1-17-11-10-13-7-4-5-8-14(13)16(20)18(2)12-6-9-15(19)21-3/h4-5,7-8,17H,6,9-12H2,1-3H3. The number of esters is 1. The van der Waals surface area contributed by atoms with Gasteiger partial charge >= 0.3 is 5.97 Å². The van der Waals surface area contributed by atoms with E-state index in [0.29, 0.717) is 19.4 Å². The van der Waals surface area contributed by atoms with Crippen molar-refractivity contribution >= 4 is 11.9 Å². The number of amides is 1. The topological polar surface area (TPSA) is 58.6 Å². The minimum Gasteiger partial charge on any atom is -0.469 e. The van der Waals surface area contributed by atoms with E-state index in [9.17, 15) is 9.59 Å². The molecule has 0 saturated heterocycles. The van der Waals surface area contributed by atoms with E-state index in [1.165, 1.54) is 7.11 Å². The fourth-order valence-corrected chi connectivity index (χ4v) is 2.08. The van der Waals surface area contributed by atoms with Gasteiger partial charge in [-0.15, -0.1) is 0 Å². The number of ether oxygens (including phenoxy) is 1. The Hall–Kier alpha value is -1.88. The number of carbonyl (C=O) groups is 2. The molecule has 0 bridgehead atoms. The normalized spacial score (nSPS) is 10.2. The van der Waals surface area contributed by atoms with Crippen LogP contribution in [0.1, 0.15) is 28.8 Å². The number of nitrogens with zero attached hydrogens (tertiary/aromatic N) is 1. The average molecular weight is 292 g/mol. The summed E-state index contributed by atoms with van der Waals surface area (Å²) in [5.41, 5.74) is 1.77. The highest BCUT2D eigenvalue weighted by Crippen LogP contribution is 2.12. The number of carbonyl (C=O) groups excluding carboxylic acids is 2. The Labute approximate surface area is 126 Å². The lowest BCUT2D eigenvalue weighted by Crippen LogP contribution is -2.29. The van der Waals surface area contributed by atoms with E-state index in [1.54, 1.807) is 11.9 Å². The van der Waals surface area contributed by atoms with Crippen LogP contribution in [0.3, 0.4) is 0 Å². The van der Waals surface area contributed by atoms with Gasteiger partial charge in [0, 0.05) is 25.6 Å². The summed E-state index contributed by atoms with van der Waals surface area (Å²) in [4.78, 5) is 25.2. The van der Waals surface area contributed by atoms with E-state index >= 15 is 0 Å². The van der Waals surface area contributed by atoms with Gasteiger partial charge < -0.3 is 15.0 Å². The summed E-state index contributed by atoms with van der Waals surface area (Å²) in [5.74, 6) is -0.253. The Balaban J connectivity index is 2.63. The third-order valence-corrected chi connectivity index (χ3v) is 3.34. The molecule has 116 valence electrons. The molecule has 0 spiro atoms. The van der Waals surface area contributed by atoms with Gasteiger partial charge in [-0.2, -0.15) is 0 Å². The Morgan fingerprint density at radius 3 is 2.67 bits per heavy atom. The predicted octanol–water partition coefficient (Wildman–Crippen LogP) is 1.47. The number of methoxy groups -OCH3 is 1. The maximum atomic E-state index is 12.5. The summed E-state index contributed by atoms with van der Waals surface area (Å²) < 4.78 is 4.59. The van der Waals surface area contributed by atoms with Crippen molar-refractivity contribution in [2.24, 2.45) is 0 Å². The van der Waals surface area contributed by atoms with Gasteiger partial charge in [0.15, 0.2) is 0 Å². The molecule has 5 nitrogen and oxygen atoms in total. The maximum Gasteiger partial charge on any atom is 0.305 e. The third-order valence-electron chi connectivity index (χ3n) is 3.34. The molecule has 0 saturated carbocycles. The van der Waals surface area contributed by atoms with E-state index in [4.69, 9.17) is 0 Å². The van der Waals surface area contributed by atoms with Gasteiger partial charge in [-0.05, 0) is 38.1 Å². The van der Waals surface area contributed by atoms with E-state index < -0.39 is 0 Å². The monoisotopic (exact) mass is 292 g/mol. The number of nitrogens with one attached hydrogen (secondary N) is 1. The minimum atomic E-state index is -0.245. The van der Waals surface area contributed by atoms with Gasteiger partial charge in [0.2, 0.25) is 0 Å². The zero-order valence-corrected chi connectivity index (χ0v) is 13.0. The Kier molecular flexibility index (Phi) is 7.46. The van der Waals surface area contributed by atoms with Crippen molar-refractivity contribution in [2.45, 2.75) is 19.3 Å². The molecular formula is C16H24N2O3. The molecule has 21 heavy (non-hydrogen) atoms. The first-order chi connectivity index (χ1) is 10.1. The molecule has 0 aliphatic rings. The van der Waals surface area contributed by atoms with Crippen molar-refractivity contribution in [3.8, 4) is 0 Å². The zero-order chi connectivity index (χ0) is 15.7. The van der Waals surface area contributed by atoms with Crippen molar-refractivity contribution < 1.29 is 14.3 Å². The highest BCUT2D eigenvalue weighted by Gasteiger charge is 2.15. The Morgan fingerprint density at radius 2 is 2.00 bits per heavy atom. The van der Waals surface area contributed by atoms with Crippen molar-refractivity contribution in [1.29, 1.82) is 0 Å². The molecule has 0 radical (unpaired) electrons. The molecule has 1 aromatic rings. The van der Waals surface area contributed by atoms with Crippen LogP contribution >= 0.6 is 0 Å². The van der Waals surface area contributed by atoms with Crippen LogP contribution in [0.25, 0.3) is 0 Å². The second-order valence-corrected chi connectivity index (χ2v) is 4.92. The summed E-state index contributed by atoms with van der Waals surface area (Å²) in [5, 5.41) is 3.09. The van der Waals surface area contributed by atoms with Crippen molar-refractivity contribution in [3.05, 3.63) is 35.4 Å². The number of hydrogen-bond donors (Lipinski definition) is 1. The molecule has 1 N–H and O–H groups in total. The van der Waals surface area contributed by atoms with Crippen molar-refractivity contribution in [2.75, 3.05) is 34.3 Å². The molecule has 0 aliphatic heterocycles. The lowest BCUT2D eigenvalue weighted by Gasteiger charge is -2.19. The summed E-state index contributed by atoms with van der Waals surface area (Å²) >= 11 is 0. The quantitative estimate of drug-likeness (QED) is 0.737. The summed E-state index contributed by atoms with van der Waals surface area (Å²) in [7, 11) is 5.02. The summed E-state index contributed by atoms with van der Waals surface area (Å²) in [6.07, 6.45) is 1.75. The van der Waals surface area contributed by atoms with E-state index in [-0.39, 0.29) is 11.9 Å². The Morgan fingerprint density at radius 1 is 1.29 bits per heavy atom. The van der Waals surface area contributed by atoms with Crippen molar-refractivity contribution in [3.63, 3.8) is 0 Å². The van der Waals surface area contributed by atoms with Gasteiger partial charge in [0.25, 0.3) is 5.91 Å². The first-order valence-electron chi connectivity index (χ1n) is 7.15. The highest BCUT2D eigenvalue weighted by molar-refractivity contribution is 5.95. The van der Waals surface area contributed by atoms with E-state index in [1.807, 2.05) is 31.3 Å². The van der Waals surface area contributed by atoms with Crippen LogP contribution in [0.4, 0.5) is 0 Å². The fourth-order valence-electron chi connectivity index (χ4n) is 2.08. The van der Waals surface area contributed by atoms with Gasteiger partial charge in [-0.3, -0.25) is 9.59 Å². The molecular weight excluding hydrogens is 268 g/mol. The van der Waals surface area contributed by atoms with Crippen LogP contribution < -0.4 is 5.32 Å². The molecule has 1 amide bonds. The summed E-state index contributed by atoms with van der Waals surface area (Å²) in [6.45, 7) is 1.37. The Bertz CT molecular complexity index is 474. The lowest BCUT2D eigenvalue weighted by molar-refractivity contribution is -0.140. The maximum absolute atomic E-state index is 12.5. The van der Waals surface area contributed by atoms with Gasteiger partial charge in [-0.1, -0.05) is 18.2 Å². The second-order valence-electron chi connectivity index (χ2n) is 4.92. The molecule has 1 rings (SSSR count). The third kappa shape index (κ3) is 5.55. The molecule has 1 aromatic carbocycles. The summed E-state index contributed by atoms with van der Waals surface area (Å²) in [6, 6.07) is 7.65. The average Bonchev–Trinajstić information content (AvgIpc) is 2.52. The van der Waals surface area contributed by atoms with Gasteiger partial charge in [0.1, 0.15) is 0 Å². The molecule has 0 aromatic heterocycles. The van der Waals surface area contributed by atoms with Gasteiger partial charge in [0.05, 0.1) is 7.11 Å². The van der Waals surface area contributed by atoms with Crippen molar-refractivity contribution in [1.82, 2.24) is 10.2 Å². The zero-order valence-electron chi connectivity index (χ0n) is 13.0. The van der Waals surface area contributed by atoms with Gasteiger partial charge in [-0.25, -0.2) is 0 Å². The van der Waals surface area contributed by atoms with E-state index in [0.717, 1.165) is 24.1 Å². The van der Waals surface area contributed by atoms with Crippen LogP contribution in [0.2, 0.25) is 0 Å². The van der Waals surface area contributed by atoms with Crippen LogP contribution in [0.5, 0.6) is 0 Å². The number of benzene rings is 1. The first kappa shape index (κ1) is 17.2. The molecule has 5 heteroatoms. The van der Waals surface area contributed by atoms with E-state index in [2.05, 4.69) is 10.1 Å². The first-order valence-corrected chi connectivity index (χ1v) is 7.15. The highest BCUT2D eigenvalue weighted by atomic mass is 16.5. The van der Waals surface area contributed by atoms with Crippen LogP contribution in [0.15, 0.2) is 24.3 Å². The number of rotatable bonds is 8. The predicted molar refractivity (Wildman–Crippen MR) is 82.3 cm³/mol. The lowest BCUT2D eigenvalue weighted by atomic mass is 10.0. The minimum absolute atomic E-state index is 0.00781. The largest absolute Gasteiger partial charge is 0.469 e. The molecule has 0 atom stereocenters. The number of hydrogen-bond acceptors (Lipinski definition) is 4. The molecule has 0 fully saturated rings. The molecule has 0 unspecified atom stereocenters.